The molecule has 8 heteroatoms. The van der Waals surface area contributed by atoms with Gasteiger partial charge < -0.3 is 5.73 Å². The average molecular weight is 243 g/mol. The first-order valence-corrected chi connectivity index (χ1v) is 5.54. The molecule has 7 nitrogen and oxygen atoms in total. The van der Waals surface area contributed by atoms with Crippen LogP contribution >= 0.6 is 11.8 Å². The van der Waals surface area contributed by atoms with Gasteiger partial charge in [0.25, 0.3) is 0 Å². The molecule has 0 aliphatic heterocycles. The van der Waals surface area contributed by atoms with Gasteiger partial charge in [0, 0.05) is 18.7 Å². The summed E-state index contributed by atoms with van der Waals surface area (Å²) in [5, 5.41) is 9.95. The van der Waals surface area contributed by atoms with Gasteiger partial charge in [-0.2, -0.15) is 4.98 Å². The number of aromatic amines is 1. The summed E-state index contributed by atoms with van der Waals surface area (Å²) in [5.41, 5.74) is 3.76. The molecule has 1 aromatic rings. The molecule has 0 saturated carbocycles. The molecule has 0 radical (unpaired) electrons. The molecule has 16 heavy (non-hydrogen) atoms. The fourth-order valence-electron chi connectivity index (χ4n) is 0.879. The number of thioether (sulfide) groups is 1. The van der Waals surface area contributed by atoms with Crippen molar-refractivity contribution in [3.8, 4) is 0 Å². The SMILES string of the molecule is CC(CSc1nc(=O)c(=O)[nH]n1C)C(=N)N. The lowest BCUT2D eigenvalue weighted by Gasteiger charge is -2.09. The third kappa shape index (κ3) is 2.96. The number of nitrogens with zero attached hydrogens (tertiary/aromatic N) is 2. The zero-order chi connectivity index (χ0) is 12.3. The van der Waals surface area contributed by atoms with Gasteiger partial charge in [-0.15, -0.1) is 0 Å². The molecule has 1 heterocycles. The van der Waals surface area contributed by atoms with Crippen molar-refractivity contribution in [2.24, 2.45) is 18.7 Å². The van der Waals surface area contributed by atoms with Crippen molar-refractivity contribution in [3.63, 3.8) is 0 Å². The molecule has 4 N–H and O–H groups in total. The summed E-state index contributed by atoms with van der Waals surface area (Å²) in [6.07, 6.45) is 0. The van der Waals surface area contributed by atoms with Gasteiger partial charge in [0.05, 0.1) is 5.84 Å². The van der Waals surface area contributed by atoms with E-state index in [0.717, 1.165) is 0 Å². The van der Waals surface area contributed by atoms with Crippen LogP contribution in [0.15, 0.2) is 14.7 Å². The van der Waals surface area contributed by atoms with E-state index in [1.54, 1.807) is 14.0 Å². The van der Waals surface area contributed by atoms with Crippen LogP contribution in [0.3, 0.4) is 0 Å². The van der Waals surface area contributed by atoms with E-state index in [0.29, 0.717) is 10.9 Å². The van der Waals surface area contributed by atoms with Gasteiger partial charge in [0.1, 0.15) is 0 Å². The second kappa shape index (κ2) is 4.97. The number of aromatic nitrogens is 3. The maximum Gasteiger partial charge on any atom is 0.339 e. The number of amidine groups is 1. The second-order valence-electron chi connectivity index (χ2n) is 3.37. The van der Waals surface area contributed by atoms with Crippen LogP contribution in [0.2, 0.25) is 0 Å². The minimum atomic E-state index is -0.809. The van der Waals surface area contributed by atoms with Crippen LogP contribution in [-0.2, 0) is 7.05 Å². The fraction of sp³-hybridized carbons (Fsp3) is 0.500. The van der Waals surface area contributed by atoms with Crippen LogP contribution in [-0.4, -0.2) is 26.4 Å². The Morgan fingerprint density at radius 1 is 1.69 bits per heavy atom. The van der Waals surface area contributed by atoms with E-state index in [9.17, 15) is 9.59 Å². The van der Waals surface area contributed by atoms with Crippen LogP contribution in [0, 0.1) is 11.3 Å². The summed E-state index contributed by atoms with van der Waals surface area (Å²) >= 11 is 1.27. The molecule has 0 saturated heterocycles. The third-order valence-electron chi connectivity index (χ3n) is 1.94. The van der Waals surface area contributed by atoms with Gasteiger partial charge in [-0.1, -0.05) is 18.7 Å². The van der Waals surface area contributed by atoms with Gasteiger partial charge in [0.2, 0.25) is 0 Å². The van der Waals surface area contributed by atoms with E-state index < -0.39 is 11.1 Å². The zero-order valence-electron chi connectivity index (χ0n) is 8.98. The molecule has 1 atom stereocenters. The zero-order valence-corrected chi connectivity index (χ0v) is 9.80. The van der Waals surface area contributed by atoms with E-state index in [2.05, 4.69) is 10.1 Å². The molecular formula is C8H13N5O2S. The molecule has 0 aliphatic carbocycles. The Labute approximate surface area is 95.6 Å². The summed E-state index contributed by atoms with van der Waals surface area (Å²) < 4.78 is 1.38. The minimum Gasteiger partial charge on any atom is -0.387 e. The highest BCUT2D eigenvalue weighted by molar-refractivity contribution is 7.99. The maximum absolute atomic E-state index is 11.0. The van der Waals surface area contributed by atoms with Crippen molar-refractivity contribution in [3.05, 3.63) is 20.7 Å². The first-order chi connectivity index (χ1) is 7.41. The van der Waals surface area contributed by atoms with Crippen LogP contribution in [0.25, 0.3) is 0 Å². The highest BCUT2D eigenvalue weighted by Gasteiger charge is 2.09. The number of aryl methyl sites for hydroxylation is 1. The predicted molar refractivity (Wildman–Crippen MR) is 61.9 cm³/mol. The fourth-order valence-corrected chi connectivity index (χ4v) is 1.84. The number of hydrogen-bond donors (Lipinski definition) is 3. The highest BCUT2D eigenvalue weighted by Crippen LogP contribution is 2.15. The molecule has 1 unspecified atom stereocenters. The number of nitrogens with one attached hydrogen (secondary N) is 2. The van der Waals surface area contributed by atoms with Crippen LogP contribution in [0.5, 0.6) is 0 Å². The Kier molecular flexibility index (Phi) is 3.88. The topological polar surface area (TPSA) is 118 Å². The van der Waals surface area contributed by atoms with E-state index in [1.165, 1.54) is 16.4 Å². The van der Waals surface area contributed by atoms with Crippen LogP contribution in [0.4, 0.5) is 0 Å². The minimum absolute atomic E-state index is 0.0851. The smallest absolute Gasteiger partial charge is 0.339 e. The first kappa shape index (κ1) is 12.5. The number of hydrogen-bond acceptors (Lipinski definition) is 5. The normalized spacial score (nSPS) is 12.4. The van der Waals surface area contributed by atoms with Crippen molar-refractivity contribution in [2.75, 3.05) is 5.75 Å². The standard InChI is InChI=1S/C8H13N5O2S/c1-4(5(9)10)3-16-8-11-6(14)7(15)12-13(8)2/h4H,3H2,1-2H3,(H3,9,10)(H,12,15). The van der Waals surface area contributed by atoms with Gasteiger partial charge in [0.15, 0.2) is 5.16 Å². The molecular weight excluding hydrogens is 230 g/mol. The van der Waals surface area contributed by atoms with E-state index >= 15 is 0 Å². The van der Waals surface area contributed by atoms with Gasteiger partial charge >= 0.3 is 11.1 Å². The maximum atomic E-state index is 11.0. The van der Waals surface area contributed by atoms with Gasteiger partial charge in [-0.05, 0) is 0 Å². The van der Waals surface area contributed by atoms with Gasteiger partial charge in [-0.25, -0.2) is 0 Å². The number of nitrogens with two attached hydrogens (primary N) is 1. The Bertz CT molecular complexity index is 506. The van der Waals surface area contributed by atoms with E-state index in [-0.39, 0.29) is 11.8 Å². The van der Waals surface area contributed by atoms with Crippen molar-refractivity contribution < 1.29 is 0 Å². The quantitative estimate of drug-likeness (QED) is 0.275. The number of H-pyrrole nitrogens is 1. The summed E-state index contributed by atoms with van der Waals surface area (Å²) in [5.74, 6) is 0.512. The van der Waals surface area contributed by atoms with Crippen molar-refractivity contribution in [1.82, 2.24) is 14.8 Å². The van der Waals surface area contributed by atoms with E-state index in [1.807, 2.05) is 0 Å². The Balaban J connectivity index is 2.83. The monoisotopic (exact) mass is 243 g/mol. The van der Waals surface area contributed by atoms with Crippen molar-refractivity contribution in [1.29, 1.82) is 5.41 Å². The van der Waals surface area contributed by atoms with Crippen LogP contribution < -0.4 is 16.9 Å². The summed E-state index contributed by atoms with van der Waals surface area (Å²) in [6.45, 7) is 1.80. The largest absolute Gasteiger partial charge is 0.387 e. The summed E-state index contributed by atoms with van der Waals surface area (Å²) in [7, 11) is 1.59. The Morgan fingerprint density at radius 2 is 2.31 bits per heavy atom. The summed E-state index contributed by atoms with van der Waals surface area (Å²) in [4.78, 5) is 25.6. The summed E-state index contributed by atoms with van der Waals surface area (Å²) in [6, 6.07) is 0. The molecule has 1 aromatic heterocycles. The molecule has 88 valence electrons. The molecule has 0 amide bonds. The van der Waals surface area contributed by atoms with Crippen molar-refractivity contribution in [2.45, 2.75) is 12.1 Å². The van der Waals surface area contributed by atoms with Gasteiger partial charge in [-0.3, -0.25) is 24.8 Å². The lowest BCUT2D eigenvalue weighted by molar-refractivity contribution is 0.596. The van der Waals surface area contributed by atoms with Crippen molar-refractivity contribution >= 4 is 17.6 Å². The first-order valence-electron chi connectivity index (χ1n) is 4.56. The molecule has 0 aliphatic rings. The molecule has 0 fully saturated rings. The molecule has 0 bridgehead atoms. The third-order valence-corrected chi connectivity index (χ3v) is 3.23. The Morgan fingerprint density at radius 3 is 2.88 bits per heavy atom. The molecule has 1 rings (SSSR count). The molecule has 0 spiro atoms. The van der Waals surface area contributed by atoms with E-state index in [4.69, 9.17) is 11.1 Å². The lowest BCUT2D eigenvalue weighted by atomic mass is 10.2. The average Bonchev–Trinajstić information content (AvgIpc) is 2.20. The predicted octanol–water partition coefficient (Wildman–Crippen LogP) is -0.867. The van der Waals surface area contributed by atoms with Crippen LogP contribution in [0.1, 0.15) is 6.92 Å². The Hall–Kier alpha value is -1.57. The lowest BCUT2D eigenvalue weighted by Crippen LogP contribution is -2.34. The highest BCUT2D eigenvalue weighted by atomic mass is 32.2. The molecule has 0 aromatic carbocycles. The number of rotatable bonds is 4. The second-order valence-corrected chi connectivity index (χ2v) is 4.35.